The van der Waals surface area contributed by atoms with E-state index in [1.165, 1.54) is 0 Å². The highest BCUT2D eigenvalue weighted by Gasteiger charge is 2.15. The quantitative estimate of drug-likeness (QED) is 0.266. The molecular formula is C26H20Cl2N4. The molecule has 0 N–H and O–H groups in total. The van der Waals surface area contributed by atoms with E-state index in [1.54, 1.807) is 0 Å². The van der Waals surface area contributed by atoms with Gasteiger partial charge in [0.2, 0.25) is 0 Å². The number of benzene rings is 2. The van der Waals surface area contributed by atoms with Crippen LogP contribution >= 0.6 is 23.2 Å². The molecule has 0 atom stereocenters. The van der Waals surface area contributed by atoms with Crippen LogP contribution in [0.3, 0.4) is 0 Å². The van der Waals surface area contributed by atoms with Gasteiger partial charge in [-0.05, 0) is 36.4 Å². The zero-order chi connectivity index (χ0) is 21.9. The van der Waals surface area contributed by atoms with Crippen molar-refractivity contribution >= 4 is 45.0 Å². The van der Waals surface area contributed by atoms with Crippen molar-refractivity contribution in [3.8, 4) is 0 Å². The molecule has 0 aliphatic heterocycles. The summed E-state index contributed by atoms with van der Waals surface area (Å²) in [5.74, 6) is 0. The van der Waals surface area contributed by atoms with Crippen LogP contribution < -0.4 is 0 Å². The van der Waals surface area contributed by atoms with Gasteiger partial charge in [0, 0.05) is 47.7 Å². The van der Waals surface area contributed by atoms with Crippen molar-refractivity contribution in [3.05, 3.63) is 112 Å². The molecule has 3 aromatic heterocycles. The number of nitrogens with zero attached hydrogens (tertiary/aromatic N) is 4. The number of aromatic nitrogens is 3. The summed E-state index contributed by atoms with van der Waals surface area (Å²) in [5, 5.41) is 3.15. The van der Waals surface area contributed by atoms with Crippen molar-refractivity contribution < 1.29 is 0 Å². The first kappa shape index (κ1) is 20.8. The highest BCUT2D eigenvalue weighted by atomic mass is 35.5. The van der Waals surface area contributed by atoms with Crippen LogP contribution in [0.25, 0.3) is 21.8 Å². The molecule has 0 aliphatic rings. The minimum atomic E-state index is 0.512. The van der Waals surface area contributed by atoms with E-state index in [-0.39, 0.29) is 0 Å². The van der Waals surface area contributed by atoms with Crippen LogP contribution in [0.2, 0.25) is 10.3 Å². The molecule has 5 aromatic rings. The number of halogens is 2. The van der Waals surface area contributed by atoms with Gasteiger partial charge in [-0.25, -0.2) is 9.97 Å². The van der Waals surface area contributed by atoms with Crippen LogP contribution in [-0.4, -0.2) is 19.9 Å². The minimum absolute atomic E-state index is 0.512. The second-order valence-electron chi connectivity index (χ2n) is 7.73. The summed E-state index contributed by atoms with van der Waals surface area (Å²) in [6.07, 6.45) is 1.81. The maximum absolute atomic E-state index is 6.57. The second-order valence-corrected chi connectivity index (χ2v) is 8.44. The standard InChI is InChI=1S/C26H20Cl2N4/c27-25-20(13-18-7-1-3-10-23(18)30-25)15-32(17-22-9-5-6-12-29-22)16-21-14-19-8-2-4-11-24(19)31-26(21)28/h1-14H,15-17H2. The first-order chi connectivity index (χ1) is 15.7. The van der Waals surface area contributed by atoms with Crippen LogP contribution in [0.15, 0.2) is 85.1 Å². The van der Waals surface area contributed by atoms with Crippen molar-refractivity contribution in [2.24, 2.45) is 0 Å². The molecule has 3 heterocycles. The summed E-state index contributed by atoms with van der Waals surface area (Å²) < 4.78 is 0. The van der Waals surface area contributed by atoms with E-state index in [2.05, 4.69) is 44.1 Å². The van der Waals surface area contributed by atoms with E-state index in [0.717, 1.165) is 38.6 Å². The van der Waals surface area contributed by atoms with E-state index < -0.39 is 0 Å². The number of para-hydroxylation sites is 2. The number of pyridine rings is 3. The van der Waals surface area contributed by atoms with Crippen LogP contribution in [0, 0.1) is 0 Å². The van der Waals surface area contributed by atoms with E-state index in [4.69, 9.17) is 23.2 Å². The molecule has 0 saturated carbocycles. The van der Waals surface area contributed by atoms with Gasteiger partial charge in [0.15, 0.2) is 0 Å². The molecule has 0 aliphatic carbocycles. The molecule has 0 radical (unpaired) electrons. The molecule has 0 bridgehead atoms. The van der Waals surface area contributed by atoms with Gasteiger partial charge in [-0.15, -0.1) is 0 Å². The zero-order valence-corrected chi connectivity index (χ0v) is 18.8. The molecule has 158 valence electrons. The first-order valence-corrected chi connectivity index (χ1v) is 11.1. The van der Waals surface area contributed by atoms with Gasteiger partial charge in [-0.3, -0.25) is 9.88 Å². The largest absolute Gasteiger partial charge is 0.289 e. The van der Waals surface area contributed by atoms with Gasteiger partial charge in [0.25, 0.3) is 0 Å². The minimum Gasteiger partial charge on any atom is -0.289 e. The van der Waals surface area contributed by atoms with E-state index in [1.807, 2.05) is 60.8 Å². The Morgan fingerprint density at radius 1 is 0.625 bits per heavy atom. The lowest BCUT2D eigenvalue weighted by molar-refractivity contribution is 0.244. The fraction of sp³-hybridized carbons (Fsp3) is 0.115. The van der Waals surface area contributed by atoms with Crippen LogP contribution in [0.1, 0.15) is 16.8 Å². The predicted molar refractivity (Wildman–Crippen MR) is 131 cm³/mol. The molecule has 0 fully saturated rings. The Bertz CT molecular complexity index is 1300. The van der Waals surface area contributed by atoms with Crippen molar-refractivity contribution in [2.75, 3.05) is 0 Å². The Morgan fingerprint density at radius 3 is 1.69 bits per heavy atom. The number of hydrogen-bond donors (Lipinski definition) is 0. The van der Waals surface area contributed by atoms with Crippen LogP contribution in [0.5, 0.6) is 0 Å². The molecule has 5 rings (SSSR count). The van der Waals surface area contributed by atoms with Crippen molar-refractivity contribution in [1.82, 2.24) is 19.9 Å². The summed E-state index contributed by atoms with van der Waals surface area (Å²) in [6.45, 7) is 1.86. The van der Waals surface area contributed by atoms with E-state index >= 15 is 0 Å². The van der Waals surface area contributed by atoms with E-state index in [9.17, 15) is 0 Å². The van der Waals surface area contributed by atoms with Crippen LogP contribution in [0.4, 0.5) is 0 Å². The lowest BCUT2D eigenvalue weighted by Crippen LogP contribution is -2.23. The maximum Gasteiger partial charge on any atom is 0.134 e. The average Bonchev–Trinajstić information content (AvgIpc) is 2.80. The summed E-state index contributed by atoms with van der Waals surface area (Å²) >= 11 is 13.1. The van der Waals surface area contributed by atoms with E-state index in [0.29, 0.717) is 29.9 Å². The van der Waals surface area contributed by atoms with Gasteiger partial charge in [0.05, 0.1) is 16.7 Å². The molecule has 4 nitrogen and oxygen atoms in total. The zero-order valence-electron chi connectivity index (χ0n) is 17.2. The fourth-order valence-corrected chi connectivity index (χ4v) is 4.28. The van der Waals surface area contributed by atoms with Crippen molar-refractivity contribution in [3.63, 3.8) is 0 Å². The Balaban J connectivity index is 1.50. The summed E-state index contributed by atoms with van der Waals surface area (Å²) in [4.78, 5) is 15.9. The van der Waals surface area contributed by atoms with Gasteiger partial charge in [-0.1, -0.05) is 65.7 Å². The normalized spacial score (nSPS) is 11.5. The Hall–Kier alpha value is -3.05. The molecule has 0 saturated heterocycles. The smallest absolute Gasteiger partial charge is 0.134 e. The summed E-state index contributed by atoms with van der Waals surface area (Å²) in [5.41, 5.74) is 4.68. The average molecular weight is 459 g/mol. The molecule has 0 spiro atoms. The Morgan fingerprint density at radius 2 is 1.16 bits per heavy atom. The Labute approximate surface area is 196 Å². The van der Waals surface area contributed by atoms with Crippen molar-refractivity contribution in [2.45, 2.75) is 19.6 Å². The summed E-state index contributed by atoms with van der Waals surface area (Å²) in [7, 11) is 0. The number of hydrogen-bond acceptors (Lipinski definition) is 4. The number of fused-ring (bicyclic) bond motifs is 2. The van der Waals surface area contributed by atoms with Gasteiger partial charge < -0.3 is 0 Å². The Kier molecular flexibility index (Phi) is 5.99. The molecule has 32 heavy (non-hydrogen) atoms. The van der Waals surface area contributed by atoms with Gasteiger partial charge in [-0.2, -0.15) is 0 Å². The highest BCUT2D eigenvalue weighted by Crippen LogP contribution is 2.26. The molecule has 2 aromatic carbocycles. The van der Waals surface area contributed by atoms with Crippen LogP contribution in [-0.2, 0) is 19.6 Å². The maximum atomic E-state index is 6.57. The first-order valence-electron chi connectivity index (χ1n) is 10.4. The predicted octanol–water partition coefficient (Wildman–Crippen LogP) is 6.69. The van der Waals surface area contributed by atoms with Gasteiger partial charge in [0.1, 0.15) is 10.3 Å². The van der Waals surface area contributed by atoms with Crippen molar-refractivity contribution in [1.29, 1.82) is 0 Å². The second kappa shape index (κ2) is 9.21. The topological polar surface area (TPSA) is 41.9 Å². The summed E-state index contributed by atoms with van der Waals surface area (Å²) in [6, 6.07) is 26.1. The molecule has 6 heteroatoms. The van der Waals surface area contributed by atoms with Gasteiger partial charge >= 0.3 is 0 Å². The molecule has 0 unspecified atom stereocenters. The lowest BCUT2D eigenvalue weighted by Gasteiger charge is -2.23. The molecular weight excluding hydrogens is 439 g/mol. The monoisotopic (exact) mass is 458 g/mol. The third kappa shape index (κ3) is 4.58. The number of rotatable bonds is 6. The highest BCUT2D eigenvalue weighted by molar-refractivity contribution is 6.31. The SMILES string of the molecule is Clc1nc2ccccc2cc1CN(Cc1ccccn1)Cc1cc2ccccc2nc1Cl. The molecule has 0 amide bonds. The third-order valence-electron chi connectivity index (χ3n) is 5.40. The lowest BCUT2D eigenvalue weighted by atomic mass is 10.1. The fourth-order valence-electron chi connectivity index (χ4n) is 3.86. The third-order valence-corrected chi connectivity index (χ3v) is 6.05.